The van der Waals surface area contributed by atoms with Gasteiger partial charge in [-0.3, -0.25) is 4.68 Å². The van der Waals surface area contributed by atoms with E-state index < -0.39 is 10.0 Å². The minimum absolute atomic E-state index is 0.278. The van der Waals surface area contributed by atoms with E-state index in [9.17, 15) is 8.42 Å². The lowest BCUT2D eigenvalue weighted by Crippen LogP contribution is -2.27. The summed E-state index contributed by atoms with van der Waals surface area (Å²) in [5.74, 6) is 0. The van der Waals surface area contributed by atoms with E-state index in [1.807, 2.05) is 32.4 Å². The molecule has 0 saturated heterocycles. The fourth-order valence-corrected chi connectivity index (χ4v) is 3.51. The zero-order chi connectivity index (χ0) is 15.6. The third kappa shape index (κ3) is 3.33. The molecule has 0 aliphatic heterocycles. The lowest BCUT2D eigenvalue weighted by molar-refractivity contribution is 0.565. The molecule has 0 amide bonds. The van der Waals surface area contributed by atoms with E-state index in [4.69, 9.17) is 0 Å². The molecule has 6 heteroatoms. The summed E-state index contributed by atoms with van der Waals surface area (Å²) in [4.78, 5) is 0.278. The number of aromatic nitrogens is 2. The van der Waals surface area contributed by atoms with Crippen molar-refractivity contribution in [1.82, 2.24) is 14.5 Å². The Morgan fingerprint density at radius 3 is 2.38 bits per heavy atom. The van der Waals surface area contributed by atoms with Gasteiger partial charge in [-0.2, -0.15) is 5.10 Å². The first-order valence-electron chi connectivity index (χ1n) is 6.96. The molecule has 0 bridgehead atoms. The molecule has 1 aromatic carbocycles. The van der Waals surface area contributed by atoms with Gasteiger partial charge >= 0.3 is 0 Å². The van der Waals surface area contributed by atoms with Crippen LogP contribution in [0.15, 0.2) is 35.4 Å². The molecule has 0 aliphatic carbocycles. The zero-order valence-corrected chi connectivity index (χ0v) is 13.6. The fraction of sp³-hybridized carbons (Fsp3) is 0.400. The second kappa shape index (κ2) is 5.99. The van der Waals surface area contributed by atoms with E-state index in [1.54, 1.807) is 30.5 Å². The van der Waals surface area contributed by atoms with Crippen LogP contribution in [-0.4, -0.2) is 18.2 Å². The van der Waals surface area contributed by atoms with Gasteiger partial charge in [0.2, 0.25) is 10.0 Å². The summed E-state index contributed by atoms with van der Waals surface area (Å²) in [6, 6.07) is 6.50. The Bertz CT molecular complexity index is 718. The van der Waals surface area contributed by atoms with E-state index >= 15 is 0 Å². The predicted octanol–water partition coefficient (Wildman–Crippen LogP) is 2.56. The second-order valence-electron chi connectivity index (χ2n) is 5.16. The number of aryl methyl sites for hydroxylation is 2. The summed E-state index contributed by atoms with van der Waals surface area (Å²) < 4.78 is 29.3. The number of nitrogens with zero attached hydrogens (tertiary/aromatic N) is 2. The molecular weight excluding hydrogens is 286 g/mol. The largest absolute Gasteiger partial charge is 0.270 e. The molecule has 1 atom stereocenters. The summed E-state index contributed by atoms with van der Waals surface area (Å²) in [6.45, 7) is 8.47. The molecule has 2 aromatic rings. The maximum atomic E-state index is 12.4. The molecule has 114 valence electrons. The first-order valence-corrected chi connectivity index (χ1v) is 8.44. The molecular formula is C15H21N3O2S. The van der Waals surface area contributed by atoms with Gasteiger partial charge in [-0.15, -0.1) is 0 Å². The standard InChI is InChI=1S/C15H21N3O2S/c1-5-18-13(4)15(10-16-18)12(3)17-21(19,20)14-8-6-11(2)7-9-14/h6-10,12,17H,5H2,1-4H3. The Hall–Kier alpha value is -1.66. The van der Waals surface area contributed by atoms with Crippen LogP contribution in [-0.2, 0) is 16.6 Å². The van der Waals surface area contributed by atoms with Gasteiger partial charge in [0.15, 0.2) is 0 Å². The zero-order valence-electron chi connectivity index (χ0n) is 12.8. The van der Waals surface area contributed by atoms with E-state index in [-0.39, 0.29) is 10.9 Å². The number of benzene rings is 1. The summed E-state index contributed by atoms with van der Waals surface area (Å²) in [6.07, 6.45) is 1.72. The first-order chi connectivity index (χ1) is 9.85. The second-order valence-corrected chi connectivity index (χ2v) is 6.87. The van der Waals surface area contributed by atoms with Gasteiger partial charge in [-0.05, 0) is 39.8 Å². The van der Waals surface area contributed by atoms with Crippen LogP contribution < -0.4 is 4.72 Å². The van der Waals surface area contributed by atoms with Crippen molar-refractivity contribution in [2.75, 3.05) is 0 Å². The molecule has 0 radical (unpaired) electrons. The molecule has 0 spiro atoms. The van der Waals surface area contributed by atoms with Gasteiger partial charge in [-0.25, -0.2) is 13.1 Å². The molecule has 0 fully saturated rings. The molecule has 0 aliphatic rings. The Morgan fingerprint density at radius 1 is 1.24 bits per heavy atom. The van der Waals surface area contributed by atoms with Crippen LogP contribution in [0.3, 0.4) is 0 Å². The molecule has 0 saturated carbocycles. The van der Waals surface area contributed by atoms with Crippen LogP contribution in [0.4, 0.5) is 0 Å². The van der Waals surface area contributed by atoms with E-state index in [0.29, 0.717) is 0 Å². The third-order valence-corrected chi connectivity index (χ3v) is 5.13. The smallest absolute Gasteiger partial charge is 0.241 e. The Balaban J connectivity index is 2.23. The third-order valence-electron chi connectivity index (χ3n) is 3.57. The van der Waals surface area contributed by atoms with Crippen molar-refractivity contribution in [3.05, 3.63) is 47.3 Å². The first kappa shape index (κ1) is 15.7. The number of rotatable bonds is 5. The van der Waals surface area contributed by atoms with Crippen molar-refractivity contribution in [2.24, 2.45) is 0 Å². The summed E-state index contributed by atoms with van der Waals surface area (Å²) in [5.41, 5.74) is 2.91. The highest BCUT2D eigenvalue weighted by molar-refractivity contribution is 7.89. The van der Waals surface area contributed by atoms with Gasteiger partial charge < -0.3 is 0 Å². The topological polar surface area (TPSA) is 64.0 Å². The van der Waals surface area contributed by atoms with Crippen molar-refractivity contribution < 1.29 is 8.42 Å². The van der Waals surface area contributed by atoms with Crippen molar-refractivity contribution >= 4 is 10.0 Å². The molecule has 1 N–H and O–H groups in total. The number of sulfonamides is 1. The lowest BCUT2D eigenvalue weighted by Gasteiger charge is -2.14. The quantitative estimate of drug-likeness (QED) is 0.923. The Kier molecular flexibility index (Phi) is 4.49. The van der Waals surface area contributed by atoms with E-state index in [1.165, 1.54) is 0 Å². The maximum absolute atomic E-state index is 12.4. The van der Waals surface area contributed by atoms with E-state index in [2.05, 4.69) is 9.82 Å². The van der Waals surface area contributed by atoms with E-state index in [0.717, 1.165) is 23.4 Å². The Labute approximate surface area is 126 Å². The molecule has 2 rings (SSSR count). The molecule has 1 heterocycles. The Morgan fingerprint density at radius 2 is 1.86 bits per heavy atom. The van der Waals surface area contributed by atoms with Gasteiger partial charge in [-0.1, -0.05) is 17.7 Å². The number of hydrogen-bond acceptors (Lipinski definition) is 3. The molecule has 5 nitrogen and oxygen atoms in total. The van der Waals surface area contributed by atoms with Crippen LogP contribution >= 0.6 is 0 Å². The lowest BCUT2D eigenvalue weighted by atomic mass is 10.1. The number of nitrogens with one attached hydrogen (secondary N) is 1. The maximum Gasteiger partial charge on any atom is 0.241 e. The fourth-order valence-electron chi connectivity index (χ4n) is 2.29. The molecule has 21 heavy (non-hydrogen) atoms. The van der Waals surface area contributed by atoms with Crippen molar-refractivity contribution in [2.45, 2.75) is 45.2 Å². The average Bonchev–Trinajstić information content (AvgIpc) is 2.80. The van der Waals surface area contributed by atoms with Gasteiger partial charge in [0.25, 0.3) is 0 Å². The molecule has 1 unspecified atom stereocenters. The highest BCUT2D eigenvalue weighted by Gasteiger charge is 2.20. The van der Waals surface area contributed by atoms with Crippen LogP contribution in [0, 0.1) is 13.8 Å². The minimum atomic E-state index is -3.53. The minimum Gasteiger partial charge on any atom is -0.270 e. The number of hydrogen-bond donors (Lipinski definition) is 1. The average molecular weight is 307 g/mol. The van der Waals surface area contributed by atoms with Gasteiger partial charge in [0.1, 0.15) is 0 Å². The SMILES string of the molecule is CCn1ncc(C(C)NS(=O)(=O)c2ccc(C)cc2)c1C. The van der Waals surface area contributed by atoms with Crippen LogP contribution in [0.1, 0.15) is 36.7 Å². The summed E-state index contributed by atoms with van der Waals surface area (Å²) in [5, 5.41) is 4.25. The van der Waals surface area contributed by atoms with Crippen molar-refractivity contribution in [3.8, 4) is 0 Å². The van der Waals surface area contributed by atoms with Crippen LogP contribution in [0.2, 0.25) is 0 Å². The summed E-state index contributed by atoms with van der Waals surface area (Å²) in [7, 11) is -3.53. The van der Waals surface area contributed by atoms with Gasteiger partial charge in [0, 0.05) is 23.8 Å². The normalized spacial score (nSPS) is 13.3. The van der Waals surface area contributed by atoms with Crippen LogP contribution in [0.5, 0.6) is 0 Å². The predicted molar refractivity (Wildman–Crippen MR) is 82.6 cm³/mol. The van der Waals surface area contributed by atoms with Crippen molar-refractivity contribution in [1.29, 1.82) is 0 Å². The highest BCUT2D eigenvalue weighted by Crippen LogP contribution is 2.20. The van der Waals surface area contributed by atoms with Crippen LogP contribution in [0.25, 0.3) is 0 Å². The van der Waals surface area contributed by atoms with Crippen molar-refractivity contribution in [3.63, 3.8) is 0 Å². The van der Waals surface area contributed by atoms with Gasteiger partial charge in [0.05, 0.1) is 11.1 Å². The summed E-state index contributed by atoms with van der Waals surface area (Å²) >= 11 is 0. The molecule has 1 aromatic heterocycles. The highest BCUT2D eigenvalue weighted by atomic mass is 32.2. The monoisotopic (exact) mass is 307 g/mol.